The van der Waals surface area contributed by atoms with Crippen molar-refractivity contribution in [1.29, 1.82) is 0 Å². The Labute approximate surface area is 210 Å². The number of hydrogen-bond acceptors (Lipinski definition) is 6. The zero-order chi connectivity index (χ0) is 27.0. The molecule has 1 saturated heterocycles. The van der Waals surface area contributed by atoms with Gasteiger partial charge in [-0.05, 0) is 51.5 Å². The summed E-state index contributed by atoms with van der Waals surface area (Å²) in [6.07, 6.45) is -3.73. The normalized spacial score (nSPS) is 26.6. The lowest BCUT2D eigenvalue weighted by atomic mass is 9.81. The van der Waals surface area contributed by atoms with Gasteiger partial charge in [0.1, 0.15) is 5.69 Å². The minimum Gasteiger partial charge on any atom is -0.481 e. The molecule has 1 aliphatic heterocycles. The van der Waals surface area contributed by atoms with Crippen molar-refractivity contribution in [3.63, 3.8) is 0 Å². The summed E-state index contributed by atoms with van der Waals surface area (Å²) < 4.78 is 58.3. The molecule has 4 rings (SSSR count). The van der Waals surface area contributed by atoms with E-state index in [9.17, 15) is 32.3 Å². The Hall–Kier alpha value is -3.22. The summed E-state index contributed by atoms with van der Waals surface area (Å²) in [4.78, 5) is 31.3. The van der Waals surface area contributed by atoms with Gasteiger partial charge >= 0.3 is 6.18 Å². The van der Waals surface area contributed by atoms with Crippen molar-refractivity contribution in [3.8, 4) is 17.1 Å². The van der Waals surface area contributed by atoms with Gasteiger partial charge in [0.05, 0.1) is 19.0 Å². The molecule has 2 aliphatic rings. The second kappa shape index (κ2) is 10.3. The van der Waals surface area contributed by atoms with Crippen LogP contribution in [-0.4, -0.2) is 74.5 Å². The predicted molar refractivity (Wildman–Crippen MR) is 123 cm³/mol. The third-order valence-corrected chi connectivity index (χ3v) is 7.32. The number of aliphatic hydroxyl groups is 1. The Balaban J connectivity index is 1.33. The van der Waals surface area contributed by atoms with Gasteiger partial charge in [-0.2, -0.15) is 18.3 Å². The number of halogens is 4. The van der Waals surface area contributed by atoms with Crippen molar-refractivity contribution in [2.24, 2.45) is 5.92 Å². The number of H-pyrrole nitrogens is 1. The Kier molecular flexibility index (Phi) is 7.45. The third-order valence-electron chi connectivity index (χ3n) is 7.32. The minimum atomic E-state index is -4.69. The highest BCUT2D eigenvalue weighted by atomic mass is 19.4. The first-order valence-corrected chi connectivity index (χ1v) is 12.1. The van der Waals surface area contributed by atoms with Crippen LogP contribution in [0.25, 0.3) is 11.3 Å². The number of ether oxygens (including phenoxy) is 1. The number of amides is 2. The van der Waals surface area contributed by atoms with E-state index in [0.29, 0.717) is 19.4 Å². The third kappa shape index (κ3) is 5.55. The average Bonchev–Trinajstić information content (AvgIpc) is 3.35. The van der Waals surface area contributed by atoms with E-state index in [4.69, 9.17) is 4.74 Å². The SMILES string of the molecule is COc1cc(-c2cc(C(=O)N3CC[C@@H](C(=O)NC4CCC(O)(C(F)(F)F)CC4)C[C@H]3C)[nH]n2)c(F)cn1. The quantitative estimate of drug-likeness (QED) is 0.514. The largest absolute Gasteiger partial charge is 0.481 e. The summed E-state index contributed by atoms with van der Waals surface area (Å²) in [5.74, 6) is -1.41. The molecule has 13 heteroatoms. The van der Waals surface area contributed by atoms with Gasteiger partial charge < -0.3 is 20.1 Å². The molecule has 3 heterocycles. The van der Waals surface area contributed by atoms with Gasteiger partial charge in [0.2, 0.25) is 11.8 Å². The smallest absolute Gasteiger partial charge is 0.417 e. The number of nitrogens with one attached hydrogen (secondary N) is 2. The van der Waals surface area contributed by atoms with Gasteiger partial charge in [-0.3, -0.25) is 14.7 Å². The number of nitrogens with zero attached hydrogens (tertiary/aromatic N) is 3. The van der Waals surface area contributed by atoms with Crippen LogP contribution >= 0.6 is 0 Å². The maximum absolute atomic E-state index is 14.2. The molecule has 2 amide bonds. The zero-order valence-electron chi connectivity index (χ0n) is 20.4. The number of alkyl halides is 3. The molecule has 1 saturated carbocycles. The topological polar surface area (TPSA) is 120 Å². The van der Waals surface area contributed by atoms with E-state index in [1.807, 2.05) is 6.92 Å². The standard InChI is InChI=1S/C24H29F4N5O4/c1-13-9-14(21(34)30-15-3-6-23(36,7-4-15)24(26,27)28)5-8-33(13)22(35)19-11-18(31-32-19)16-10-20(37-2)29-12-17(16)25/h10-15,36H,3-9H2,1-2H3,(H,30,34)(H,31,32)/t13-,14-,15?,23?/m1/s1. The summed E-state index contributed by atoms with van der Waals surface area (Å²) in [6.45, 7) is 2.11. The molecule has 9 nitrogen and oxygen atoms in total. The van der Waals surface area contributed by atoms with E-state index in [-0.39, 0.29) is 53.5 Å². The monoisotopic (exact) mass is 527 g/mol. The molecule has 0 bridgehead atoms. The van der Waals surface area contributed by atoms with E-state index in [1.54, 1.807) is 4.90 Å². The van der Waals surface area contributed by atoms with Crippen molar-refractivity contribution in [2.75, 3.05) is 13.7 Å². The second-order valence-corrected chi connectivity index (χ2v) is 9.75. The van der Waals surface area contributed by atoms with E-state index >= 15 is 0 Å². The molecule has 0 unspecified atom stereocenters. The van der Waals surface area contributed by atoms with Gasteiger partial charge in [-0.15, -0.1) is 0 Å². The molecule has 37 heavy (non-hydrogen) atoms. The lowest BCUT2D eigenvalue weighted by molar-refractivity contribution is -0.270. The number of carbonyl (C=O) groups is 2. The second-order valence-electron chi connectivity index (χ2n) is 9.75. The van der Waals surface area contributed by atoms with E-state index in [1.165, 1.54) is 19.2 Å². The minimum absolute atomic E-state index is 0.0424. The van der Waals surface area contributed by atoms with Crippen molar-refractivity contribution >= 4 is 11.8 Å². The number of hydrogen-bond donors (Lipinski definition) is 3. The van der Waals surface area contributed by atoms with Crippen LogP contribution < -0.4 is 10.1 Å². The van der Waals surface area contributed by atoms with Gasteiger partial charge in [0, 0.05) is 36.2 Å². The molecule has 2 fully saturated rings. The predicted octanol–water partition coefficient (Wildman–Crippen LogP) is 3.21. The maximum atomic E-state index is 14.2. The molecule has 0 radical (unpaired) electrons. The molecule has 0 aromatic carbocycles. The van der Waals surface area contributed by atoms with Crippen molar-refractivity contribution in [1.82, 2.24) is 25.4 Å². The fourth-order valence-electron chi connectivity index (χ4n) is 5.01. The van der Waals surface area contributed by atoms with Crippen LogP contribution in [0, 0.1) is 11.7 Å². The van der Waals surface area contributed by atoms with Gasteiger partial charge in [0.15, 0.2) is 11.4 Å². The highest BCUT2D eigenvalue weighted by molar-refractivity contribution is 5.94. The summed E-state index contributed by atoms with van der Waals surface area (Å²) in [7, 11) is 1.40. The molecule has 2 aromatic rings. The van der Waals surface area contributed by atoms with Crippen LogP contribution in [0.1, 0.15) is 55.9 Å². The van der Waals surface area contributed by atoms with Gasteiger partial charge in [-0.25, -0.2) is 9.37 Å². The Morgan fingerprint density at radius 2 is 1.95 bits per heavy atom. The molecule has 0 spiro atoms. The molecule has 202 valence electrons. The zero-order valence-corrected chi connectivity index (χ0v) is 20.4. The molecule has 3 N–H and O–H groups in total. The van der Waals surface area contributed by atoms with E-state index in [0.717, 1.165) is 6.20 Å². The van der Waals surface area contributed by atoms with Crippen molar-refractivity contribution in [2.45, 2.75) is 69.3 Å². The maximum Gasteiger partial charge on any atom is 0.417 e. The van der Waals surface area contributed by atoms with Gasteiger partial charge in [0.25, 0.3) is 5.91 Å². The summed E-state index contributed by atoms with van der Waals surface area (Å²) in [6, 6.07) is 2.10. The molecule has 2 aromatic heterocycles. The van der Waals surface area contributed by atoms with Crippen molar-refractivity contribution < 1.29 is 37.0 Å². The highest BCUT2D eigenvalue weighted by Gasteiger charge is 2.54. The molecular formula is C24H29F4N5O4. The molecular weight excluding hydrogens is 498 g/mol. The van der Waals surface area contributed by atoms with E-state index in [2.05, 4.69) is 20.5 Å². The summed E-state index contributed by atoms with van der Waals surface area (Å²) >= 11 is 0. The highest BCUT2D eigenvalue weighted by Crippen LogP contribution is 2.41. The molecule has 1 aliphatic carbocycles. The number of carbonyl (C=O) groups excluding carboxylic acids is 2. The van der Waals surface area contributed by atoms with Crippen LogP contribution in [-0.2, 0) is 4.79 Å². The summed E-state index contributed by atoms with van der Waals surface area (Å²) in [5, 5.41) is 19.3. The average molecular weight is 528 g/mol. The first kappa shape index (κ1) is 26.8. The number of likely N-dealkylation sites (tertiary alicyclic amines) is 1. The van der Waals surface area contributed by atoms with Crippen LogP contribution in [0.3, 0.4) is 0 Å². The number of piperidine rings is 1. The van der Waals surface area contributed by atoms with Crippen LogP contribution in [0.5, 0.6) is 5.88 Å². The van der Waals surface area contributed by atoms with E-state index < -0.39 is 42.4 Å². The first-order chi connectivity index (χ1) is 17.4. The number of pyridine rings is 1. The van der Waals surface area contributed by atoms with Crippen molar-refractivity contribution in [3.05, 3.63) is 29.8 Å². The Bertz CT molecular complexity index is 1150. The fourth-order valence-corrected chi connectivity index (χ4v) is 5.01. The number of aromatic nitrogens is 3. The Morgan fingerprint density at radius 3 is 2.57 bits per heavy atom. The number of methoxy groups -OCH3 is 1. The fraction of sp³-hybridized carbons (Fsp3) is 0.583. The van der Waals surface area contributed by atoms with Crippen LogP contribution in [0.2, 0.25) is 0 Å². The molecule has 2 atom stereocenters. The summed E-state index contributed by atoms with van der Waals surface area (Å²) in [5.41, 5.74) is -2.19. The number of aromatic amines is 1. The Morgan fingerprint density at radius 1 is 1.24 bits per heavy atom. The number of rotatable bonds is 5. The van der Waals surface area contributed by atoms with Crippen LogP contribution in [0.15, 0.2) is 18.3 Å². The van der Waals surface area contributed by atoms with Crippen LogP contribution in [0.4, 0.5) is 17.6 Å². The van der Waals surface area contributed by atoms with Gasteiger partial charge in [-0.1, -0.05) is 0 Å². The first-order valence-electron chi connectivity index (χ1n) is 12.1. The lowest BCUT2D eigenvalue weighted by Crippen LogP contribution is -2.53. The lowest BCUT2D eigenvalue weighted by Gasteiger charge is -2.39.